The molecule has 1 rings (SSSR count). The summed E-state index contributed by atoms with van der Waals surface area (Å²) in [5.41, 5.74) is 0. The number of carbonyl (C=O) groups excluding carboxylic acids is 3. The Balaban J connectivity index is 2.54. The van der Waals surface area contributed by atoms with Crippen molar-refractivity contribution in [2.75, 3.05) is 24.6 Å². The summed E-state index contributed by atoms with van der Waals surface area (Å²) in [6.07, 6.45) is 7.06. The molecule has 0 radical (unpaired) electrons. The molecule has 0 aromatic carbocycles. The Kier molecular flexibility index (Phi) is 15.4. The first-order chi connectivity index (χ1) is 16.7. The number of amides is 3. The zero-order valence-corrected chi connectivity index (χ0v) is 20.9. The van der Waals surface area contributed by atoms with Gasteiger partial charge in [0.1, 0.15) is 12.6 Å². The zero-order valence-electron chi connectivity index (χ0n) is 20.1. The van der Waals surface area contributed by atoms with Gasteiger partial charge < -0.3 is 31.2 Å². The minimum atomic E-state index is -1.22. The number of aliphatic carboxylic acids is 2. The van der Waals surface area contributed by atoms with E-state index in [9.17, 15) is 29.1 Å². The summed E-state index contributed by atoms with van der Waals surface area (Å²) >= 11 is 1.16. The summed E-state index contributed by atoms with van der Waals surface area (Å²) in [6.45, 7) is 3.34. The van der Waals surface area contributed by atoms with Crippen LogP contribution < -0.4 is 16.0 Å². The molecule has 12 heteroatoms. The number of carboxylic acid groups (broad SMARTS) is 2. The van der Waals surface area contributed by atoms with Crippen molar-refractivity contribution in [3.63, 3.8) is 0 Å². The minimum absolute atomic E-state index is 0.0756. The average Bonchev–Trinajstić information content (AvgIpc) is 2.81. The molecule has 11 nitrogen and oxygen atoms in total. The molecule has 0 aromatic rings. The monoisotopic (exact) mass is 514 g/mol. The fourth-order valence-corrected chi connectivity index (χ4v) is 4.69. The summed E-state index contributed by atoms with van der Waals surface area (Å²) in [6, 6.07) is -0.877. The SMILES string of the molecule is C=NCCCCC(CCC(=O)NC(CSCC(=O)NC1CCCCC1)C(=O)NCC(=O)O)C(=O)O. The van der Waals surface area contributed by atoms with Crippen molar-refractivity contribution in [1.82, 2.24) is 16.0 Å². The second-order valence-corrected chi connectivity index (χ2v) is 9.70. The Morgan fingerprint density at radius 2 is 1.71 bits per heavy atom. The number of rotatable bonds is 18. The van der Waals surface area contributed by atoms with Gasteiger partial charge in [0.05, 0.1) is 11.7 Å². The molecule has 2 unspecified atom stereocenters. The highest BCUT2D eigenvalue weighted by molar-refractivity contribution is 8.00. The minimum Gasteiger partial charge on any atom is -0.481 e. The number of unbranched alkanes of at least 4 members (excludes halogenated alkanes) is 1. The van der Waals surface area contributed by atoms with Crippen LogP contribution in [0.3, 0.4) is 0 Å². The van der Waals surface area contributed by atoms with Crippen LogP contribution in [-0.4, -0.2) is 83.3 Å². The maximum Gasteiger partial charge on any atom is 0.322 e. The van der Waals surface area contributed by atoms with E-state index in [-0.39, 0.29) is 36.3 Å². The number of aliphatic imine (C=N–C) groups is 1. The van der Waals surface area contributed by atoms with Gasteiger partial charge in [-0.1, -0.05) is 25.7 Å². The van der Waals surface area contributed by atoms with Crippen LogP contribution in [0.5, 0.6) is 0 Å². The number of hydrogen-bond acceptors (Lipinski definition) is 7. The first-order valence-electron chi connectivity index (χ1n) is 12.0. The zero-order chi connectivity index (χ0) is 26.1. The summed E-state index contributed by atoms with van der Waals surface area (Å²) in [4.78, 5) is 63.1. The Labute approximate surface area is 210 Å². The lowest BCUT2D eigenvalue weighted by Gasteiger charge is -2.23. The number of thioether (sulfide) groups is 1. The lowest BCUT2D eigenvalue weighted by Crippen LogP contribution is -2.49. The van der Waals surface area contributed by atoms with E-state index in [1.54, 1.807) is 0 Å². The van der Waals surface area contributed by atoms with Crippen LogP contribution in [0.2, 0.25) is 0 Å². The predicted molar refractivity (Wildman–Crippen MR) is 134 cm³/mol. The number of nitrogens with one attached hydrogen (secondary N) is 3. The Morgan fingerprint density at radius 1 is 1.00 bits per heavy atom. The Morgan fingerprint density at radius 3 is 2.34 bits per heavy atom. The maximum absolute atomic E-state index is 12.4. The van der Waals surface area contributed by atoms with Gasteiger partial charge in [-0.25, -0.2) is 0 Å². The van der Waals surface area contributed by atoms with Gasteiger partial charge in [0, 0.05) is 24.8 Å². The number of nitrogens with zero attached hydrogens (tertiary/aromatic N) is 1. The molecule has 2 atom stereocenters. The topological polar surface area (TPSA) is 174 Å². The molecule has 0 heterocycles. The van der Waals surface area contributed by atoms with Crippen LogP contribution in [0.25, 0.3) is 0 Å². The molecular formula is C23H38N4O7S. The van der Waals surface area contributed by atoms with Crippen molar-refractivity contribution in [2.45, 2.75) is 76.3 Å². The first-order valence-corrected chi connectivity index (χ1v) is 13.2. The number of carboxylic acids is 2. The second-order valence-electron chi connectivity index (χ2n) is 8.67. The van der Waals surface area contributed by atoms with E-state index < -0.39 is 42.3 Å². The van der Waals surface area contributed by atoms with Crippen molar-refractivity contribution in [1.29, 1.82) is 0 Å². The fourth-order valence-electron chi connectivity index (χ4n) is 3.83. The van der Waals surface area contributed by atoms with Crippen LogP contribution in [0.1, 0.15) is 64.2 Å². The molecular weight excluding hydrogens is 476 g/mol. The van der Waals surface area contributed by atoms with Crippen LogP contribution in [0.4, 0.5) is 0 Å². The molecule has 0 spiro atoms. The van der Waals surface area contributed by atoms with Crippen LogP contribution in [0, 0.1) is 5.92 Å². The van der Waals surface area contributed by atoms with Gasteiger partial charge >= 0.3 is 11.9 Å². The highest BCUT2D eigenvalue weighted by Crippen LogP contribution is 2.18. The Bertz CT molecular complexity index is 729. The first kappa shape index (κ1) is 30.4. The van der Waals surface area contributed by atoms with Gasteiger partial charge in [0.2, 0.25) is 17.7 Å². The van der Waals surface area contributed by atoms with Gasteiger partial charge in [0.25, 0.3) is 0 Å². The van der Waals surface area contributed by atoms with E-state index in [2.05, 4.69) is 27.7 Å². The average molecular weight is 515 g/mol. The van der Waals surface area contributed by atoms with E-state index >= 15 is 0 Å². The molecule has 3 amide bonds. The third kappa shape index (κ3) is 14.4. The lowest BCUT2D eigenvalue weighted by molar-refractivity contribution is -0.142. The van der Waals surface area contributed by atoms with Crippen molar-refractivity contribution in [3.8, 4) is 0 Å². The molecule has 35 heavy (non-hydrogen) atoms. The smallest absolute Gasteiger partial charge is 0.322 e. The fraction of sp³-hybridized carbons (Fsp3) is 0.739. The highest BCUT2D eigenvalue weighted by atomic mass is 32.2. The summed E-state index contributed by atoms with van der Waals surface area (Å²) in [7, 11) is 0. The highest BCUT2D eigenvalue weighted by Gasteiger charge is 2.24. The van der Waals surface area contributed by atoms with Crippen LogP contribution in [-0.2, 0) is 24.0 Å². The summed E-state index contributed by atoms with van der Waals surface area (Å²) in [5.74, 6) is -4.04. The largest absolute Gasteiger partial charge is 0.481 e. The van der Waals surface area contributed by atoms with E-state index in [0.29, 0.717) is 19.4 Å². The van der Waals surface area contributed by atoms with Gasteiger partial charge in [-0.3, -0.25) is 24.0 Å². The molecule has 0 aromatic heterocycles. The van der Waals surface area contributed by atoms with Gasteiger partial charge in [-0.2, -0.15) is 0 Å². The van der Waals surface area contributed by atoms with Crippen LogP contribution in [0.15, 0.2) is 4.99 Å². The molecule has 0 bridgehead atoms. The number of hydrogen-bond donors (Lipinski definition) is 5. The van der Waals surface area contributed by atoms with Gasteiger partial charge in [-0.05, 0) is 38.8 Å². The molecule has 1 fully saturated rings. The van der Waals surface area contributed by atoms with Crippen LogP contribution >= 0.6 is 11.8 Å². The van der Waals surface area contributed by atoms with Crippen molar-refractivity contribution in [2.24, 2.45) is 10.9 Å². The molecule has 1 saturated carbocycles. The molecule has 1 aliphatic rings. The summed E-state index contributed by atoms with van der Waals surface area (Å²) < 4.78 is 0. The third-order valence-electron chi connectivity index (χ3n) is 5.74. The molecule has 5 N–H and O–H groups in total. The third-order valence-corrected chi connectivity index (χ3v) is 6.78. The molecule has 198 valence electrons. The van der Waals surface area contributed by atoms with Crippen molar-refractivity contribution < 1.29 is 34.2 Å². The van der Waals surface area contributed by atoms with Crippen molar-refractivity contribution >= 4 is 48.1 Å². The molecule has 0 aliphatic heterocycles. The van der Waals surface area contributed by atoms with Gasteiger partial charge in [-0.15, -0.1) is 11.8 Å². The quantitative estimate of drug-likeness (QED) is 0.134. The number of carbonyl (C=O) groups is 5. The van der Waals surface area contributed by atoms with Crippen molar-refractivity contribution in [3.05, 3.63) is 0 Å². The molecule has 1 aliphatic carbocycles. The maximum atomic E-state index is 12.4. The van der Waals surface area contributed by atoms with E-state index in [1.165, 1.54) is 6.42 Å². The van der Waals surface area contributed by atoms with E-state index in [0.717, 1.165) is 43.9 Å². The summed E-state index contributed by atoms with van der Waals surface area (Å²) in [5, 5.41) is 26.0. The van der Waals surface area contributed by atoms with E-state index in [4.69, 9.17) is 5.11 Å². The van der Waals surface area contributed by atoms with E-state index in [1.807, 2.05) is 0 Å². The second kappa shape index (κ2) is 17.8. The lowest BCUT2D eigenvalue weighted by atomic mass is 9.95. The van der Waals surface area contributed by atoms with Gasteiger partial charge in [0.15, 0.2) is 0 Å². The molecule has 0 saturated heterocycles. The normalized spacial score (nSPS) is 15.4. The standard InChI is InChI=1S/C23H38N4O7S/c1-24-12-6-5-7-16(23(33)34)10-11-19(28)27-18(22(32)25-13-21(30)31)14-35-15-20(29)26-17-8-3-2-4-9-17/h16-18H,1-15H2,(H,25,32)(H,26,29)(H,27,28)(H,30,31)(H,33,34). The Hall–Kier alpha value is -2.63. The predicted octanol–water partition coefficient (Wildman–Crippen LogP) is 1.21.